The molecule has 5 aliphatic rings. The van der Waals surface area contributed by atoms with Gasteiger partial charge in [-0.25, -0.2) is 0 Å². The molecule has 0 N–H and O–H groups in total. The SMILES string of the molecule is C1=CCC2(C=C1)CC1(c3cc(CCc4ccc(N5c6ccccc6Sc6ccccc65)c5ccccc45)ccc3-c3ccc(N4CCCc5ccccc54)cc31)c1ccccc12. The maximum Gasteiger partial charge on any atom is 0.0601 e. The van der Waals surface area contributed by atoms with Crippen molar-refractivity contribution in [3.63, 3.8) is 0 Å². The molecule has 2 nitrogen and oxygen atoms in total. The van der Waals surface area contributed by atoms with E-state index in [4.69, 9.17) is 0 Å². The summed E-state index contributed by atoms with van der Waals surface area (Å²) in [5, 5.41) is 2.62. The van der Waals surface area contributed by atoms with E-state index in [1.54, 1.807) is 0 Å². The molecule has 0 radical (unpaired) electrons. The lowest BCUT2D eigenvalue weighted by atomic mass is 9.69. The van der Waals surface area contributed by atoms with Crippen LogP contribution in [0.3, 0.4) is 0 Å². The Labute approximate surface area is 368 Å². The van der Waals surface area contributed by atoms with Gasteiger partial charge in [-0.1, -0.05) is 157 Å². The van der Waals surface area contributed by atoms with E-state index in [2.05, 4.69) is 204 Å². The molecule has 2 atom stereocenters. The number of allylic oxidation sites excluding steroid dienone is 4. The molecule has 0 saturated heterocycles. The molecule has 2 heterocycles. The lowest BCUT2D eigenvalue weighted by molar-refractivity contribution is 0.459. The van der Waals surface area contributed by atoms with E-state index < -0.39 is 0 Å². The molecule has 62 heavy (non-hydrogen) atoms. The van der Waals surface area contributed by atoms with Crippen molar-refractivity contribution in [2.24, 2.45) is 0 Å². The van der Waals surface area contributed by atoms with Crippen LogP contribution in [0.25, 0.3) is 21.9 Å². The largest absolute Gasteiger partial charge is 0.341 e. The van der Waals surface area contributed by atoms with Crippen molar-refractivity contribution in [1.29, 1.82) is 0 Å². The highest BCUT2D eigenvalue weighted by atomic mass is 32.2. The first-order valence-corrected chi connectivity index (χ1v) is 23.3. The molecule has 3 heteroatoms. The smallest absolute Gasteiger partial charge is 0.0601 e. The summed E-state index contributed by atoms with van der Waals surface area (Å²) in [5.74, 6) is 0. The van der Waals surface area contributed by atoms with Gasteiger partial charge in [-0.2, -0.15) is 0 Å². The van der Waals surface area contributed by atoms with Crippen molar-refractivity contribution in [2.45, 2.75) is 59.1 Å². The fourth-order valence-corrected chi connectivity index (χ4v) is 13.1. The predicted octanol–water partition coefficient (Wildman–Crippen LogP) is 15.1. The van der Waals surface area contributed by atoms with Gasteiger partial charge in [0.1, 0.15) is 0 Å². The standard InChI is InChI=1S/C59H46N2S/c1-12-34-58(35-13-1)39-59(49-20-6-5-19-48(49)58)50-37-40(27-31-45(50)46-32-30-43(38-51(46)59)60-36-14-16-42-15-2-7-21-52(42)60)26-28-41-29-33-53(47-18-4-3-17-44(41)47)61-54-22-8-10-24-56(54)62-57-25-11-9-23-55(57)61/h1-13,15,17-25,27,29-34,37-38H,14,16,26,28,35-36,39H2. The molecule has 3 aliphatic carbocycles. The van der Waals surface area contributed by atoms with Gasteiger partial charge in [0.25, 0.3) is 0 Å². The number of nitrogens with zero attached hydrogens (tertiary/aromatic N) is 2. The van der Waals surface area contributed by atoms with Gasteiger partial charge in [0, 0.05) is 43.9 Å². The molecule has 0 aromatic heterocycles. The Balaban J connectivity index is 0.908. The summed E-state index contributed by atoms with van der Waals surface area (Å²) in [7, 11) is 0. The Morgan fingerprint density at radius 1 is 0.532 bits per heavy atom. The summed E-state index contributed by atoms with van der Waals surface area (Å²) in [4.78, 5) is 7.63. The van der Waals surface area contributed by atoms with Crippen LogP contribution >= 0.6 is 11.8 Å². The van der Waals surface area contributed by atoms with Crippen molar-refractivity contribution in [3.8, 4) is 11.1 Å². The molecule has 298 valence electrons. The Kier molecular flexibility index (Phi) is 8.15. The van der Waals surface area contributed by atoms with Crippen LogP contribution in [0, 0.1) is 0 Å². The molecule has 13 rings (SSSR count). The monoisotopic (exact) mass is 814 g/mol. The maximum absolute atomic E-state index is 2.61. The maximum atomic E-state index is 2.61. The number of hydrogen-bond donors (Lipinski definition) is 0. The van der Waals surface area contributed by atoms with Gasteiger partial charge >= 0.3 is 0 Å². The van der Waals surface area contributed by atoms with Crippen LogP contribution < -0.4 is 9.80 Å². The summed E-state index contributed by atoms with van der Waals surface area (Å²) in [5.41, 5.74) is 19.1. The van der Waals surface area contributed by atoms with Crippen LogP contribution in [-0.4, -0.2) is 6.54 Å². The first-order valence-electron chi connectivity index (χ1n) is 22.4. The Morgan fingerprint density at radius 2 is 1.23 bits per heavy atom. The zero-order valence-electron chi connectivity index (χ0n) is 34.7. The molecule has 2 unspecified atom stereocenters. The lowest BCUT2D eigenvalue weighted by Crippen LogP contribution is -2.29. The van der Waals surface area contributed by atoms with E-state index in [1.165, 1.54) is 105 Å². The third-order valence-electron chi connectivity index (χ3n) is 14.7. The van der Waals surface area contributed by atoms with Crippen molar-refractivity contribution in [3.05, 3.63) is 233 Å². The van der Waals surface area contributed by atoms with Crippen molar-refractivity contribution < 1.29 is 0 Å². The van der Waals surface area contributed by atoms with Gasteiger partial charge in [0.2, 0.25) is 0 Å². The van der Waals surface area contributed by atoms with E-state index in [0.29, 0.717) is 0 Å². The minimum atomic E-state index is -0.244. The van der Waals surface area contributed by atoms with Gasteiger partial charge in [0.05, 0.1) is 17.1 Å². The highest BCUT2D eigenvalue weighted by Crippen LogP contribution is 2.65. The van der Waals surface area contributed by atoms with Crippen molar-refractivity contribution in [1.82, 2.24) is 0 Å². The van der Waals surface area contributed by atoms with Crippen LogP contribution in [-0.2, 0) is 30.1 Å². The molecular weight excluding hydrogens is 769 g/mol. The van der Waals surface area contributed by atoms with Crippen LogP contribution in [0.4, 0.5) is 28.4 Å². The number of aryl methyl sites for hydroxylation is 3. The number of rotatable bonds is 5. The second kappa shape index (κ2) is 14.0. The zero-order valence-corrected chi connectivity index (χ0v) is 35.5. The second-order valence-corrected chi connectivity index (χ2v) is 19.0. The average molecular weight is 815 g/mol. The molecule has 2 aliphatic heterocycles. The lowest BCUT2D eigenvalue weighted by Gasteiger charge is -2.35. The molecule has 0 saturated carbocycles. The van der Waals surface area contributed by atoms with E-state index in [1.807, 2.05) is 11.8 Å². The molecular formula is C59H46N2S. The van der Waals surface area contributed by atoms with Crippen LogP contribution in [0.15, 0.2) is 204 Å². The number of para-hydroxylation sites is 3. The molecule has 0 fully saturated rings. The minimum absolute atomic E-state index is 0.0390. The quantitative estimate of drug-likeness (QED) is 0.171. The normalized spacial score (nSPS) is 19.9. The van der Waals surface area contributed by atoms with Crippen LogP contribution in [0.5, 0.6) is 0 Å². The summed E-state index contributed by atoms with van der Waals surface area (Å²) < 4.78 is 0. The molecule has 0 amide bonds. The first kappa shape index (κ1) is 36.1. The van der Waals surface area contributed by atoms with Gasteiger partial charge in [-0.15, -0.1) is 0 Å². The summed E-state index contributed by atoms with van der Waals surface area (Å²) in [6, 6.07) is 64.8. The van der Waals surface area contributed by atoms with Gasteiger partial charge in [-0.3, -0.25) is 0 Å². The Bertz CT molecular complexity index is 3150. The Hall–Kier alpha value is -6.55. The van der Waals surface area contributed by atoms with Gasteiger partial charge in [0.15, 0.2) is 0 Å². The highest BCUT2D eigenvalue weighted by molar-refractivity contribution is 7.99. The topological polar surface area (TPSA) is 6.48 Å². The molecule has 8 aromatic carbocycles. The predicted molar refractivity (Wildman–Crippen MR) is 259 cm³/mol. The third-order valence-corrected chi connectivity index (χ3v) is 15.8. The Morgan fingerprint density at radius 3 is 2.03 bits per heavy atom. The number of benzene rings is 8. The summed E-state index contributed by atoms with van der Waals surface area (Å²) in [6.45, 7) is 1.04. The molecule has 0 bridgehead atoms. The molecule has 8 aromatic rings. The van der Waals surface area contributed by atoms with Crippen LogP contribution in [0.1, 0.15) is 58.2 Å². The van der Waals surface area contributed by atoms with E-state index in [9.17, 15) is 0 Å². The molecule has 2 spiro atoms. The zero-order chi connectivity index (χ0) is 40.8. The third kappa shape index (κ3) is 5.31. The number of hydrogen-bond acceptors (Lipinski definition) is 3. The first-order chi connectivity index (χ1) is 30.7. The van der Waals surface area contributed by atoms with Gasteiger partial charge < -0.3 is 9.80 Å². The number of fused-ring (bicyclic) bond motifs is 12. The van der Waals surface area contributed by atoms with Crippen molar-refractivity contribution in [2.75, 3.05) is 16.3 Å². The number of anilines is 5. The van der Waals surface area contributed by atoms with Crippen LogP contribution in [0.2, 0.25) is 0 Å². The summed E-state index contributed by atoms with van der Waals surface area (Å²) in [6.07, 6.45) is 15.8. The summed E-state index contributed by atoms with van der Waals surface area (Å²) >= 11 is 1.86. The van der Waals surface area contributed by atoms with E-state index >= 15 is 0 Å². The van der Waals surface area contributed by atoms with Gasteiger partial charge in [-0.05, 0) is 143 Å². The fourth-order valence-electron chi connectivity index (χ4n) is 12.0. The van der Waals surface area contributed by atoms with Crippen molar-refractivity contribution >= 4 is 51.0 Å². The minimum Gasteiger partial charge on any atom is -0.341 e. The second-order valence-electron chi connectivity index (χ2n) is 17.9. The van der Waals surface area contributed by atoms with E-state index in [-0.39, 0.29) is 10.8 Å². The fraction of sp³-hybridized carbons (Fsp3) is 0.153. The van der Waals surface area contributed by atoms with E-state index in [0.717, 1.165) is 38.6 Å². The highest BCUT2D eigenvalue weighted by Gasteiger charge is 2.56. The average Bonchev–Trinajstić information content (AvgIpc) is 3.77.